The third kappa shape index (κ3) is 3.87. The molecule has 0 amide bonds. The first kappa shape index (κ1) is 15.1. The topological polar surface area (TPSA) is 64.7 Å². The predicted molar refractivity (Wildman–Crippen MR) is 79.0 cm³/mol. The Balaban J connectivity index is 1.89. The Labute approximate surface area is 120 Å². The van der Waals surface area contributed by atoms with Crippen LogP contribution in [-0.2, 0) is 0 Å². The van der Waals surface area contributed by atoms with Crippen LogP contribution in [0.4, 0.5) is 0 Å². The lowest BCUT2D eigenvalue weighted by atomic mass is 9.80. The van der Waals surface area contributed by atoms with Crippen LogP contribution in [0.25, 0.3) is 0 Å². The lowest BCUT2D eigenvalue weighted by Gasteiger charge is -2.30. The fourth-order valence-corrected chi connectivity index (χ4v) is 2.55. The first-order valence-corrected chi connectivity index (χ1v) is 7.30. The van der Waals surface area contributed by atoms with Gasteiger partial charge in [0.2, 0.25) is 0 Å². The smallest absolute Gasteiger partial charge is 0.161 e. The average molecular weight is 279 g/mol. The van der Waals surface area contributed by atoms with Crippen molar-refractivity contribution >= 4 is 0 Å². The standard InChI is InChI=1S/C16H25NO3/c1-19-14-4-2-3-5-15(14)20-9-8-16(11-17,12-18)10-13-6-7-13/h2-5,13,18H,6-12,17H2,1H3. The van der Waals surface area contributed by atoms with Gasteiger partial charge in [0.25, 0.3) is 0 Å². The van der Waals surface area contributed by atoms with Gasteiger partial charge < -0.3 is 20.3 Å². The van der Waals surface area contributed by atoms with E-state index in [0.717, 1.165) is 30.3 Å². The molecule has 1 aromatic rings. The van der Waals surface area contributed by atoms with Crippen molar-refractivity contribution in [2.24, 2.45) is 17.1 Å². The fraction of sp³-hybridized carbons (Fsp3) is 0.625. The van der Waals surface area contributed by atoms with Crippen LogP contribution in [0.5, 0.6) is 11.5 Å². The van der Waals surface area contributed by atoms with Gasteiger partial charge in [0.05, 0.1) is 20.3 Å². The molecule has 1 fully saturated rings. The quantitative estimate of drug-likeness (QED) is 0.727. The van der Waals surface area contributed by atoms with Gasteiger partial charge in [0, 0.05) is 12.0 Å². The van der Waals surface area contributed by atoms with Crippen LogP contribution < -0.4 is 15.2 Å². The van der Waals surface area contributed by atoms with E-state index in [1.165, 1.54) is 12.8 Å². The van der Waals surface area contributed by atoms with Crippen LogP contribution in [0.3, 0.4) is 0 Å². The van der Waals surface area contributed by atoms with Crippen LogP contribution >= 0.6 is 0 Å². The molecule has 0 aliphatic heterocycles. The van der Waals surface area contributed by atoms with Crippen molar-refractivity contribution in [3.8, 4) is 11.5 Å². The summed E-state index contributed by atoms with van der Waals surface area (Å²) >= 11 is 0. The summed E-state index contributed by atoms with van der Waals surface area (Å²) in [4.78, 5) is 0. The van der Waals surface area contributed by atoms with E-state index in [1.807, 2.05) is 24.3 Å². The van der Waals surface area contributed by atoms with E-state index in [-0.39, 0.29) is 12.0 Å². The number of aliphatic hydroxyl groups is 1. The van der Waals surface area contributed by atoms with Crippen LogP contribution in [0.1, 0.15) is 25.7 Å². The van der Waals surface area contributed by atoms with Crippen LogP contribution in [-0.4, -0.2) is 32.0 Å². The van der Waals surface area contributed by atoms with Gasteiger partial charge in [-0.05, 0) is 30.9 Å². The number of benzene rings is 1. The molecule has 1 atom stereocenters. The molecule has 2 rings (SSSR count). The molecule has 112 valence electrons. The van der Waals surface area contributed by atoms with Gasteiger partial charge in [-0.2, -0.15) is 0 Å². The highest BCUT2D eigenvalue weighted by Crippen LogP contribution is 2.41. The molecule has 20 heavy (non-hydrogen) atoms. The minimum Gasteiger partial charge on any atom is -0.493 e. The van der Waals surface area contributed by atoms with Crippen molar-refractivity contribution in [2.75, 3.05) is 26.9 Å². The predicted octanol–water partition coefficient (Wildman–Crippen LogP) is 2.20. The Morgan fingerprint density at radius 3 is 2.55 bits per heavy atom. The van der Waals surface area contributed by atoms with Gasteiger partial charge in [0.1, 0.15) is 0 Å². The maximum Gasteiger partial charge on any atom is 0.161 e. The van der Waals surface area contributed by atoms with E-state index in [0.29, 0.717) is 13.2 Å². The summed E-state index contributed by atoms with van der Waals surface area (Å²) in [5.41, 5.74) is 5.70. The van der Waals surface area contributed by atoms with Crippen molar-refractivity contribution in [2.45, 2.75) is 25.7 Å². The zero-order valence-corrected chi connectivity index (χ0v) is 12.2. The molecule has 0 aromatic heterocycles. The van der Waals surface area contributed by atoms with Gasteiger partial charge in [-0.3, -0.25) is 0 Å². The van der Waals surface area contributed by atoms with Crippen LogP contribution in [0, 0.1) is 11.3 Å². The Kier molecular flexibility index (Phi) is 5.26. The number of aliphatic hydroxyl groups excluding tert-OH is 1. The van der Waals surface area contributed by atoms with Gasteiger partial charge in [-0.15, -0.1) is 0 Å². The Morgan fingerprint density at radius 2 is 2.00 bits per heavy atom. The SMILES string of the molecule is COc1ccccc1OCCC(CN)(CO)CC1CC1. The first-order chi connectivity index (χ1) is 9.73. The largest absolute Gasteiger partial charge is 0.493 e. The second-order valence-corrected chi connectivity index (χ2v) is 5.76. The van der Waals surface area contributed by atoms with Crippen molar-refractivity contribution in [3.05, 3.63) is 24.3 Å². The number of methoxy groups -OCH3 is 1. The molecule has 3 N–H and O–H groups in total. The molecule has 0 spiro atoms. The molecule has 0 heterocycles. The third-order valence-electron chi connectivity index (χ3n) is 4.15. The maximum absolute atomic E-state index is 9.69. The zero-order chi connectivity index (χ0) is 14.4. The van der Waals surface area contributed by atoms with Gasteiger partial charge in [0.15, 0.2) is 11.5 Å². The highest BCUT2D eigenvalue weighted by Gasteiger charge is 2.35. The monoisotopic (exact) mass is 279 g/mol. The summed E-state index contributed by atoms with van der Waals surface area (Å²) in [6.45, 7) is 1.19. The van der Waals surface area contributed by atoms with E-state index in [2.05, 4.69) is 0 Å². The van der Waals surface area contributed by atoms with Crippen molar-refractivity contribution in [3.63, 3.8) is 0 Å². The van der Waals surface area contributed by atoms with E-state index >= 15 is 0 Å². The molecule has 0 saturated heterocycles. The van der Waals surface area contributed by atoms with E-state index in [4.69, 9.17) is 15.2 Å². The first-order valence-electron chi connectivity index (χ1n) is 7.30. The second kappa shape index (κ2) is 6.95. The average Bonchev–Trinajstić information content (AvgIpc) is 3.30. The summed E-state index contributed by atoms with van der Waals surface area (Å²) in [5, 5.41) is 9.69. The fourth-order valence-electron chi connectivity index (χ4n) is 2.55. The molecule has 1 saturated carbocycles. The summed E-state index contributed by atoms with van der Waals surface area (Å²) in [6, 6.07) is 7.60. The molecule has 4 heteroatoms. The van der Waals surface area contributed by atoms with Crippen molar-refractivity contribution < 1.29 is 14.6 Å². The molecule has 1 unspecified atom stereocenters. The molecular formula is C16H25NO3. The van der Waals surface area contributed by atoms with E-state index in [1.54, 1.807) is 7.11 Å². The highest BCUT2D eigenvalue weighted by molar-refractivity contribution is 5.39. The molecular weight excluding hydrogens is 254 g/mol. The minimum absolute atomic E-state index is 0.134. The maximum atomic E-state index is 9.69. The summed E-state index contributed by atoms with van der Waals surface area (Å²) in [5.74, 6) is 2.22. The molecule has 1 aliphatic carbocycles. The lowest BCUT2D eigenvalue weighted by Crippen LogP contribution is -2.36. The summed E-state index contributed by atoms with van der Waals surface area (Å²) < 4.78 is 11.1. The number of ether oxygens (including phenoxy) is 2. The highest BCUT2D eigenvalue weighted by atomic mass is 16.5. The molecule has 1 aromatic carbocycles. The minimum atomic E-state index is -0.191. The van der Waals surface area contributed by atoms with E-state index < -0.39 is 0 Å². The Morgan fingerprint density at radius 1 is 1.30 bits per heavy atom. The van der Waals surface area contributed by atoms with Gasteiger partial charge >= 0.3 is 0 Å². The van der Waals surface area contributed by atoms with E-state index in [9.17, 15) is 5.11 Å². The molecule has 4 nitrogen and oxygen atoms in total. The third-order valence-corrected chi connectivity index (χ3v) is 4.15. The second-order valence-electron chi connectivity index (χ2n) is 5.76. The van der Waals surface area contributed by atoms with Crippen molar-refractivity contribution in [1.29, 1.82) is 0 Å². The molecule has 0 radical (unpaired) electrons. The number of para-hydroxylation sites is 2. The number of rotatable bonds is 9. The van der Waals surface area contributed by atoms with Crippen LogP contribution in [0.2, 0.25) is 0 Å². The molecule has 0 bridgehead atoms. The summed E-state index contributed by atoms with van der Waals surface area (Å²) in [7, 11) is 1.63. The van der Waals surface area contributed by atoms with Gasteiger partial charge in [-0.1, -0.05) is 25.0 Å². The zero-order valence-electron chi connectivity index (χ0n) is 12.2. The Hall–Kier alpha value is -1.26. The number of nitrogens with two attached hydrogens (primary N) is 1. The Bertz CT molecular complexity index is 414. The number of hydrogen-bond donors (Lipinski definition) is 2. The van der Waals surface area contributed by atoms with Crippen molar-refractivity contribution in [1.82, 2.24) is 0 Å². The van der Waals surface area contributed by atoms with Crippen LogP contribution in [0.15, 0.2) is 24.3 Å². The summed E-state index contributed by atoms with van der Waals surface area (Å²) in [6.07, 6.45) is 4.33. The number of hydrogen-bond acceptors (Lipinski definition) is 4. The van der Waals surface area contributed by atoms with Gasteiger partial charge in [-0.25, -0.2) is 0 Å². The normalized spacial score (nSPS) is 17.6. The lowest BCUT2D eigenvalue weighted by molar-refractivity contribution is 0.0876. The molecule has 1 aliphatic rings.